The van der Waals surface area contributed by atoms with Crippen LogP contribution in [0, 0.1) is 0 Å². The highest BCUT2D eigenvalue weighted by atomic mass is 16.2. The lowest BCUT2D eigenvalue weighted by atomic mass is 9.90. The fourth-order valence-corrected chi connectivity index (χ4v) is 2.33. The Morgan fingerprint density at radius 1 is 1.13 bits per heavy atom. The average molecular weight is 201 g/mol. The molecule has 0 bridgehead atoms. The van der Waals surface area contributed by atoms with Gasteiger partial charge >= 0.3 is 0 Å². The van der Waals surface area contributed by atoms with Crippen LogP contribution in [0.15, 0.2) is 24.3 Å². The van der Waals surface area contributed by atoms with E-state index in [1.807, 2.05) is 24.3 Å². The molecule has 2 aliphatic rings. The maximum atomic E-state index is 11.8. The lowest BCUT2D eigenvalue weighted by Gasteiger charge is -2.33. The van der Waals surface area contributed by atoms with Crippen molar-refractivity contribution in [3.63, 3.8) is 0 Å². The first-order valence-electron chi connectivity index (χ1n) is 5.17. The van der Waals surface area contributed by atoms with Crippen molar-refractivity contribution in [2.45, 2.75) is 25.3 Å². The van der Waals surface area contributed by atoms with Gasteiger partial charge in [0.05, 0.1) is 12.5 Å². The first kappa shape index (κ1) is 8.65. The highest BCUT2D eigenvalue weighted by molar-refractivity contribution is 6.04. The van der Waals surface area contributed by atoms with E-state index in [9.17, 15) is 9.59 Å². The molecule has 15 heavy (non-hydrogen) atoms. The second-order valence-electron chi connectivity index (χ2n) is 4.17. The van der Waals surface area contributed by atoms with Crippen molar-refractivity contribution < 1.29 is 9.59 Å². The van der Waals surface area contributed by atoms with E-state index in [1.54, 1.807) is 4.90 Å². The molecule has 1 aliphatic heterocycles. The van der Waals surface area contributed by atoms with Crippen molar-refractivity contribution in [3.05, 3.63) is 29.8 Å². The minimum absolute atomic E-state index is 0.119. The van der Waals surface area contributed by atoms with Gasteiger partial charge in [-0.15, -0.1) is 0 Å². The Morgan fingerprint density at radius 2 is 1.87 bits per heavy atom. The van der Waals surface area contributed by atoms with Gasteiger partial charge in [-0.2, -0.15) is 0 Å². The Labute approximate surface area is 87.7 Å². The fraction of sp³-hybridized carbons (Fsp3) is 0.333. The van der Waals surface area contributed by atoms with E-state index in [4.69, 9.17) is 0 Å². The number of amides is 1. The molecule has 1 aromatic rings. The second kappa shape index (κ2) is 2.92. The third kappa shape index (κ3) is 1.19. The number of rotatable bonds is 1. The summed E-state index contributed by atoms with van der Waals surface area (Å²) in [5.41, 5.74) is 2.09. The van der Waals surface area contributed by atoms with Gasteiger partial charge in [-0.25, -0.2) is 0 Å². The summed E-state index contributed by atoms with van der Waals surface area (Å²) < 4.78 is 0. The number of benzene rings is 1. The Bertz CT molecular complexity index is 445. The molecule has 1 fully saturated rings. The van der Waals surface area contributed by atoms with Crippen molar-refractivity contribution in [3.8, 4) is 0 Å². The SMILES string of the molecule is O=C1CC(N2C(=O)Cc3ccccc32)C1. The lowest BCUT2D eigenvalue weighted by Crippen LogP contribution is -2.46. The summed E-state index contributed by atoms with van der Waals surface area (Å²) >= 11 is 0. The van der Waals surface area contributed by atoms with Crippen LogP contribution in [0.2, 0.25) is 0 Å². The Morgan fingerprint density at radius 3 is 2.60 bits per heavy atom. The van der Waals surface area contributed by atoms with Gasteiger partial charge in [-0.05, 0) is 11.6 Å². The van der Waals surface area contributed by atoms with Crippen molar-refractivity contribution in [2.75, 3.05) is 4.90 Å². The van der Waals surface area contributed by atoms with Crippen LogP contribution in [-0.2, 0) is 16.0 Å². The van der Waals surface area contributed by atoms with Crippen LogP contribution >= 0.6 is 0 Å². The standard InChI is InChI=1S/C12H11NO2/c14-10-6-9(7-10)13-11-4-2-1-3-8(11)5-12(13)15/h1-4,9H,5-7H2. The molecular weight excluding hydrogens is 190 g/mol. The molecule has 0 unspecified atom stereocenters. The van der Waals surface area contributed by atoms with Gasteiger partial charge in [0.25, 0.3) is 0 Å². The monoisotopic (exact) mass is 201 g/mol. The van der Waals surface area contributed by atoms with E-state index in [0.717, 1.165) is 11.3 Å². The molecule has 0 atom stereocenters. The molecule has 1 heterocycles. The maximum Gasteiger partial charge on any atom is 0.231 e. The predicted octanol–water partition coefficient (Wildman–Crippen LogP) is 1.31. The molecular formula is C12H11NO2. The Hall–Kier alpha value is -1.64. The second-order valence-corrected chi connectivity index (χ2v) is 4.17. The third-order valence-corrected chi connectivity index (χ3v) is 3.15. The largest absolute Gasteiger partial charge is 0.308 e. The average Bonchev–Trinajstić information content (AvgIpc) is 2.49. The van der Waals surface area contributed by atoms with Crippen LogP contribution in [0.25, 0.3) is 0 Å². The number of Topliss-reactive ketones (excluding diaryl/α,β-unsaturated/α-hetero) is 1. The van der Waals surface area contributed by atoms with Gasteiger partial charge in [0.1, 0.15) is 5.78 Å². The summed E-state index contributed by atoms with van der Waals surface area (Å²) in [5, 5.41) is 0. The molecule has 0 saturated heterocycles. The third-order valence-electron chi connectivity index (χ3n) is 3.15. The number of nitrogens with zero attached hydrogens (tertiary/aromatic N) is 1. The minimum Gasteiger partial charge on any atom is -0.308 e. The zero-order valence-electron chi connectivity index (χ0n) is 8.27. The van der Waals surface area contributed by atoms with Crippen molar-refractivity contribution in [1.29, 1.82) is 0 Å². The number of anilines is 1. The van der Waals surface area contributed by atoms with E-state index in [2.05, 4.69) is 0 Å². The fourth-order valence-electron chi connectivity index (χ4n) is 2.33. The van der Waals surface area contributed by atoms with Crippen LogP contribution in [0.1, 0.15) is 18.4 Å². The molecule has 0 radical (unpaired) electrons. The topological polar surface area (TPSA) is 37.4 Å². The first-order chi connectivity index (χ1) is 7.25. The van der Waals surface area contributed by atoms with Crippen LogP contribution in [0.4, 0.5) is 5.69 Å². The summed E-state index contributed by atoms with van der Waals surface area (Å²) in [6.07, 6.45) is 1.54. The van der Waals surface area contributed by atoms with E-state index in [-0.39, 0.29) is 17.7 Å². The maximum absolute atomic E-state index is 11.8. The summed E-state index contributed by atoms with van der Waals surface area (Å²) in [7, 11) is 0. The Balaban J connectivity index is 1.96. The number of fused-ring (bicyclic) bond motifs is 1. The number of para-hydroxylation sites is 1. The van der Waals surface area contributed by atoms with Crippen molar-refractivity contribution in [1.82, 2.24) is 0 Å². The molecule has 1 saturated carbocycles. The van der Waals surface area contributed by atoms with Gasteiger partial charge in [0.15, 0.2) is 0 Å². The number of hydrogen-bond acceptors (Lipinski definition) is 2. The molecule has 1 amide bonds. The molecule has 3 heteroatoms. The van der Waals surface area contributed by atoms with Crippen molar-refractivity contribution >= 4 is 17.4 Å². The van der Waals surface area contributed by atoms with Crippen molar-refractivity contribution in [2.24, 2.45) is 0 Å². The highest BCUT2D eigenvalue weighted by Gasteiger charge is 2.39. The normalized spacial score (nSPS) is 20.4. The highest BCUT2D eigenvalue weighted by Crippen LogP contribution is 2.35. The molecule has 1 aliphatic carbocycles. The molecule has 0 spiro atoms. The lowest BCUT2D eigenvalue weighted by molar-refractivity contribution is -0.125. The quantitative estimate of drug-likeness (QED) is 0.687. The van der Waals surface area contributed by atoms with Crippen LogP contribution < -0.4 is 4.90 Å². The van der Waals surface area contributed by atoms with E-state index < -0.39 is 0 Å². The van der Waals surface area contributed by atoms with Gasteiger partial charge < -0.3 is 4.90 Å². The Kier molecular flexibility index (Phi) is 1.69. The molecule has 3 rings (SSSR count). The minimum atomic E-state index is 0.119. The van der Waals surface area contributed by atoms with Gasteiger partial charge in [0.2, 0.25) is 5.91 Å². The molecule has 0 aromatic heterocycles. The molecule has 0 N–H and O–H groups in total. The molecule has 76 valence electrons. The summed E-state index contributed by atoms with van der Waals surface area (Å²) in [4.78, 5) is 24.5. The van der Waals surface area contributed by atoms with Gasteiger partial charge in [-0.3, -0.25) is 9.59 Å². The first-order valence-corrected chi connectivity index (χ1v) is 5.17. The molecule has 3 nitrogen and oxygen atoms in total. The van der Waals surface area contributed by atoms with E-state index in [1.165, 1.54) is 0 Å². The smallest absolute Gasteiger partial charge is 0.231 e. The zero-order chi connectivity index (χ0) is 10.4. The van der Waals surface area contributed by atoms with Gasteiger partial charge in [0, 0.05) is 18.5 Å². The number of ketones is 1. The van der Waals surface area contributed by atoms with Gasteiger partial charge in [-0.1, -0.05) is 18.2 Å². The predicted molar refractivity (Wildman–Crippen MR) is 55.7 cm³/mol. The number of carbonyl (C=O) groups excluding carboxylic acids is 2. The van der Waals surface area contributed by atoms with Crippen LogP contribution in [0.5, 0.6) is 0 Å². The summed E-state index contributed by atoms with van der Waals surface area (Å²) in [6.45, 7) is 0. The summed E-state index contributed by atoms with van der Waals surface area (Å²) in [5.74, 6) is 0.394. The number of carbonyl (C=O) groups is 2. The van der Waals surface area contributed by atoms with E-state index in [0.29, 0.717) is 19.3 Å². The zero-order valence-corrected chi connectivity index (χ0v) is 8.27. The van der Waals surface area contributed by atoms with Crippen LogP contribution in [0.3, 0.4) is 0 Å². The summed E-state index contributed by atoms with van der Waals surface area (Å²) in [6, 6.07) is 7.94. The number of hydrogen-bond donors (Lipinski definition) is 0. The molecule has 1 aromatic carbocycles. The van der Waals surface area contributed by atoms with E-state index >= 15 is 0 Å². The van der Waals surface area contributed by atoms with Crippen LogP contribution in [-0.4, -0.2) is 17.7 Å².